The molecule has 0 bridgehead atoms. The molecular weight excluding hydrogens is 296 g/mol. The third-order valence-electron chi connectivity index (χ3n) is 4.55. The average molecular weight is 326 g/mol. The van der Waals surface area contributed by atoms with Gasteiger partial charge in [0.1, 0.15) is 11.7 Å². The smallest absolute Gasteiger partial charge is 0.308 e. The van der Waals surface area contributed by atoms with Crippen molar-refractivity contribution >= 4 is 5.97 Å². The summed E-state index contributed by atoms with van der Waals surface area (Å²) in [6.45, 7) is 7.33. The molecule has 5 nitrogen and oxygen atoms in total. The molecule has 1 aliphatic rings. The van der Waals surface area contributed by atoms with Gasteiger partial charge in [0.2, 0.25) is 0 Å². The molecule has 0 saturated heterocycles. The Hall–Kier alpha value is -1.17. The maximum absolute atomic E-state index is 11.9. The summed E-state index contributed by atoms with van der Waals surface area (Å²) in [5.74, 6) is -0.294. The van der Waals surface area contributed by atoms with Crippen molar-refractivity contribution in [2.75, 3.05) is 7.11 Å². The Morgan fingerprint density at radius 2 is 2.04 bits per heavy atom. The maximum atomic E-state index is 11.9. The Morgan fingerprint density at radius 3 is 2.65 bits per heavy atom. The monoisotopic (exact) mass is 326 g/mol. The van der Waals surface area contributed by atoms with Gasteiger partial charge in [0.25, 0.3) is 0 Å². The van der Waals surface area contributed by atoms with E-state index in [1.165, 1.54) is 13.0 Å². The zero-order valence-corrected chi connectivity index (χ0v) is 14.8. The Morgan fingerprint density at radius 1 is 1.39 bits per heavy atom. The van der Waals surface area contributed by atoms with E-state index in [2.05, 4.69) is 6.08 Å². The van der Waals surface area contributed by atoms with Crippen LogP contribution in [-0.4, -0.2) is 47.2 Å². The molecule has 0 fully saturated rings. The number of methoxy groups -OCH3 is 1. The summed E-state index contributed by atoms with van der Waals surface area (Å²) >= 11 is 0. The largest absolute Gasteiger partial charge is 0.462 e. The minimum absolute atomic E-state index is 0.208. The van der Waals surface area contributed by atoms with E-state index in [1.807, 2.05) is 20.8 Å². The van der Waals surface area contributed by atoms with Gasteiger partial charge in [-0.2, -0.15) is 0 Å². The molecule has 0 saturated carbocycles. The van der Waals surface area contributed by atoms with Crippen molar-refractivity contribution in [3.63, 3.8) is 0 Å². The highest BCUT2D eigenvalue weighted by molar-refractivity contribution is 5.70. The summed E-state index contributed by atoms with van der Waals surface area (Å²) in [6.07, 6.45) is 5.06. The lowest BCUT2D eigenvalue weighted by Gasteiger charge is -2.27. The number of esters is 1. The van der Waals surface area contributed by atoms with Gasteiger partial charge < -0.3 is 19.7 Å². The first kappa shape index (κ1) is 19.9. The van der Waals surface area contributed by atoms with Crippen LogP contribution in [0.1, 0.15) is 47.0 Å². The Labute approximate surface area is 139 Å². The lowest BCUT2D eigenvalue weighted by molar-refractivity contribution is -0.156. The Kier molecular flexibility index (Phi) is 7.45. The molecule has 0 aromatic rings. The Balaban J connectivity index is 3.04. The molecule has 1 rings (SSSR count). The second-order valence-electron chi connectivity index (χ2n) is 6.66. The second-order valence-corrected chi connectivity index (χ2v) is 6.66. The van der Waals surface area contributed by atoms with E-state index in [0.29, 0.717) is 0 Å². The number of hydrogen-bond acceptors (Lipinski definition) is 5. The number of carbonyl (C=O) groups excluding carboxylic acids is 1. The fourth-order valence-electron chi connectivity index (χ4n) is 2.47. The van der Waals surface area contributed by atoms with Crippen molar-refractivity contribution in [1.82, 2.24) is 0 Å². The number of ether oxygens (including phenoxy) is 2. The number of aliphatic hydroxyl groups is 2. The first-order chi connectivity index (χ1) is 10.7. The zero-order valence-electron chi connectivity index (χ0n) is 14.8. The summed E-state index contributed by atoms with van der Waals surface area (Å²) in [7, 11) is 1.60. The fraction of sp³-hybridized carbons (Fsp3) is 0.722. The number of hydrogen-bond donors (Lipinski definition) is 2. The van der Waals surface area contributed by atoms with Gasteiger partial charge in [-0.3, -0.25) is 4.79 Å². The predicted molar refractivity (Wildman–Crippen MR) is 88.9 cm³/mol. The molecule has 0 spiro atoms. The van der Waals surface area contributed by atoms with Crippen molar-refractivity contribution in [3.05, 3.63) is 23.8 Å². The van der Waals surface area contributed by atoms with Crippen LogP contribution in [0.15, 0.2) is 23.8 Å². The van der Waals surface area contributed by atoms with Gasteiger partial charge in [-0.15, -0.1) is 0 Å². The number of cyclic esters (lactones) is 1. The average Bonchev–Trinajstić information content (AvgIpc) is 2.46. The summed E-state index contributed by atoms with van der Waals surface area (Å²) in [5, 5.41) is 20.5. The van der Waals surface area contributed by atoms with Crippen LogP contribution in [0, 0.1) is 5.92 Å². The van der Waals surface area contributed by atoms with Gasteiger partial charge >= 0.3 is 5.97 Å². The van der Waals surface area contributed by atoms with E-state index in [4.69, 9.17) is 9.47 Å². The molecule has 5 atom stereocenters. The van der Waals surface area contributed by atoms with Crippen molar-refractivity contribution in [2.24, 2.45) is 5.92 Å². The summed E-state index contributed by atoms with van der Waals surface area (Å²) in [4.78, 5) is 11.9. The van der Waals surface area contributed by atoms with E-state index in [0.717, 1.165) is 18.4 Å². The van der Waals surface area contributed by atoms with Crippen LogP contribution < -0.4 is 0 Å². The van der Waals surface area contributed by atoms with Gasteiger partial charge in [0.05, 0.1) is 18.6 Å². The lowest BCUT2D eigenvalue weighted by Crippen LogP contribution is -2.40. The molecule has 1 unspecified atom stereocenters. The third-order valence-corrected chi connectivity index (χ3v) is 4.55. The van der Waals surface area contributed by atoms with Crippen LogP contribution in [0.2, 0.25) is 0 Å². The van der Waals surface area contributed by atoms with Gasteiger partial charge in [-0.05, 0) is 45.1 Å². The normalized spacial score (nSPS) is 37.7. The SMILES string of the molecule is CO[C@H]1C=C[C@@](C)(O)C(O)CC(=O)O[C@H](C)[C@H](C)CCC=C1C. The molecule has 23 heavy (non-hydrogen) atoms. The molecule has 0 amide bonds. The van der Waals surface area contributed by atoms with Gasteiger partial charge in [-0.1, -0.05) is 25.2 Å². The van der Waals surface area contributed by atoms with E-state index in [9.17, 15) is 15.0 Å². The highest BCUT2D eigenvalue weighted by atomic mass is 16.5. The molecule has 0 aromatic carbocycles. The molecular formula is C18H30O5. The van der Waals surface area contributed by atoms with Crippen LogP contribution in [0.25, 0.3) is 0 Å². The highest BCUT2D eigenvalue weighted by Gasteiger charge is 2.31. The van der Waals surface area contributed by atoms with E-state index >= 15 is 0 Å². The van der Waals surface area contributed by atoms with Crippen LogP contribution in [-0.2, 0) is 14.3 Å². The summed E-state index contributed by atoms with van der Waals surface area (Å²) in [6, 6.07) is 0. The minimum Gasteiger partial charge on any atom is -0.462 e. The van der Waals surface area contributed by atoms with E-state index in [1.54, 1.807) is 13.2 Å². The first-order valence-electron chi connectivity index (χ1n) is 8.16. The van der Waals surface area contributed by atoms with Gasteiger partial charge in [0.15, 0.2) is 0 Å². The van der Waals surface area contributed by atoms with Crippen molar-refractivity contribution in [3.8, 4) is 0 Å². The van der Waals surface area contributed by atoms with Gasteiger partial charge in [-0.25, -0.2) is 0 Å². The van der Waals surface area contributed by atoms with Crippen LogP contribution >= 0.6 is 0 Å². The van der Waals surface area contributed by atoms with Crippen LogP contribution in [0.3, 0.4) is 0 Å². The molecule has 132 valence electrons. The standard InChI is InChI=1S/C18H30O5/c1-12-7-6-8-13(2)15(22-5)9-10-18(4,21)16(19)11-17(20)23-14(12)3/h8-10,12,14-16,19,21H,6-7,11H2,1-5H3/t12-,14-,15+,16?,18-/m1/s1. The number of allylic oxidation sites excluding steroid dienone is 1. The number of carbonyl (C=O) groups is 1. The van der Waals surface area contributed by atoms with Crippen LogP contribution in [0.5, 0.6) is 0 Å². The number of aliphatic hydroxyl groups excluding tert-OH is 1. The zero-order chi connectivity index (χ0) is 17.6. The highest BCUT2D eigenvalue weighted by Crippen LogP contribution is 2.21. The van der Waals surface area contributed by atoms with Gasteiger partial charge in [0, 0.05) is 7.11 Å². The summed E-state index contributed by atoms with van der Waals surface area (Å²) in [5.41, 5.74) is -0.488. The predicted octanol–water partition coefficient (Wildman–Crippen LogP) is 2.37. The van der Waals surface area contributed by atoms with Crippen molar-refractivity contribution in [1.29, 1.82) is 0 Å². The molecule has 2 N–H and O–H groups in total. The third kappa shape index (κ3) is 6.09. The molecule has 1 aliphatic heterocycles. The van der Waals surface area contributed by atoms with Crippen molar-refractivity contribution in [2.45, 2.75) is 70.9 Å². The first-order valence-corrected chi connectivity index (χ1v) is 8.16. The summed E-state index contributed by atoms with van der Waals surface area (Å²) < 4.78 is 10.8. The quantitative estimate of drug-likeness (QED) is 0.571. The Bertz CT molecular complexity index is 452. The fourth-order valence-corrected chi connectivity index (χ4v) is 2.47. The maximum Gasteiger partial charge on any atom is 0.308 e. The number of rotatable bonds is 1. The second kappa shape index (κ2) is 8.62. The molecule has 0 radical (unpaired) electrons. The van der Waals surface area contributed by atoms with Crippen molar-refractivity contribution < 1.29 is 24.5 Å². The van der Waals surface area contributed by atoms with Crippen LogP contribution in [0.4, 0.5) is 0 Å². The molecule has 1 heterocycles. The topological polar surface area (TPSA) is 76.0 Å². The van der Waals surface area contributed by atoms with E-state index < -0.39 is 17.7 Å². The molecule has 0 aliphatic carbocycles. The molecule has 0 aromatic heterocycles. The molecule has 5 heteroatoms. The lowest BCUT2D eigenvalue weighted by atomic mass is 9.93. The van der Waals surface area contributed by atoms with E-state index in [-0.39, 0.29) is 24.5 Å². The minimum atomic E-state index is -1.53.